The predicted molar refractivity (Wildman–Crippen MR) is 521 cm³/mol. The Balaban J connectivity index is 0.000000179. The van der Waals surface area contributed by atoms with Crippen molar-refractivity contribution < 1.29 is 73.3 Å². The quantitative estimate of drug-likeness (QED) is 0.0181. The highest BCUT2D eigenvalue weighted by Gasteiger charge is 2.35. The summed E-state index contributed by atoms with van der Waals surface area (Å²) in [6, 6.07) is 17.0. The first-order chi connectivity index (χ1) is 64.3. The summed E-state index contributed by atoms with van der Waals surface area (Å²) in [4.78, 5) is 146. The van der Waals surface area contributed by atoms with E-state index in [0.717, 1.165) is 57.6 Å². The molecule has 11 aromatic rings. The highest BCUT2D eigenvalue weighted by atomic mass is 35.5. The van der Waals surface area contributed by atoms with Crippen molar-refractivity contribution in [3.8, 4) is 0 Å². The number of halogens is 2. The molecular weight excluding hydrogens is 1810 g/mol. The maximum atomic E-state index is 13.3. The third kappa shape index (κ3) is 28.0. The smallest absolute Gasteiger partial charge is 0.415 e. The van der Waals surface area contributed by atoms with Gasteiger partial charge in [0.2, 0.25) is 0 Å². The summed E-state index contributed by atoms with van der Waals surface area (Å²) in [5.74, 6) is 1.22. The van der Waals surface area contributed by atoms with E-state index in [4.69, 9.17) is 59.1 Å². The lowest BCUT2D eigenvalue weighted by Crippen LogP contribution is -2.35. The van der Waals surface area contributed by atoms with Gasteiger partial charge in [0, 0.05) is 114 Å². The van der Waals surface area contributed by atoms with Crippen LogP contribution in [-0.4, -0.2) is 215 Å². The molecule has 0 saturated heterocycles. The van der Waals surface area contributed by atoms with E-state index in [1.165, 1.54) is 66.0 Å². The maximum absolute atomic E-state index is 13.3. The van der Waals surface area contributed by atoms with Crippen LogP contribution in [0.5, 0.6) is 0 Å². The summed E-state index contributed by atoms with van der Waals surface area (Å²) >= 11 is 12.1. The van der Waals surface area contributed by atoms with Crippen LogP contribution in [0.3, 0.4) is 0 Å². The molecule has 0 spiro atoms. The first-order valence-corrected chi connectivity index (χ1v) is 46.2. The first kappa shape index (κ1) is 106. The number of anilines is 9. The molecule has 41 nitrogen and oxygen atoms in total. The number of carboxylic acids is 1. The van der Waals surface area contributed by atoms with E-state index in [1.54, 1.807) is 163 Å². The molecule has 43 heteroatoms. The van der Waals surface area contributed by atoms with Crippen LogP contribution in [0.15, 0.2) is 118 Å². The number of aromatic carboxylic acids is 1. The van der Waals surface area contributed by atoms with Crippen LogP contribution in [0, 0.1) is 17.8 Å². The van der Waals surface area contributed by atoms with Crippen LogP contribution in [0.25, 0.3) is 22.6 Å². The Labute approximate surface area is 801 Å². The number of aromatic nitrogens is 15. The third-order valence-electron chi connectivity index (χ3n) is 22.7. The van der Waals surface area contributed by atoms with Gasteiger partial charge in [-0.25, -0.2) is 39.1 Å². The number of amides is 3. The van der Waals surface area contributed by atoms with Crippen molar-refractivity contribution in [1.82, 2.24) is 72.1 Å². The number of hydrogen-bond donors (Lipinski definition) is 10. The number of aliphatic hydroxyl groups is 4. The van der Waals surface area contributed by atoms with Gasteiger partial charge in [0.25, 0.3) is 16.7 Å². The Kier molecular flexibility index (Phi) is 35.2. The number of nitrogen functional groups attached to an aromatic ring is 1. The number of nitrogens with one attached hydrogen (secondary N) is 3. The molecule has 0 aliphatic heterocycles. The molecule has 11 aromatic heterocycles. The number of nitrogens with zero attached hydrogens (tertiary/aromatic N) is 18. The molecule has 4 fully saturated rings. The molecule has 8 atom stereocenters. The summed E-state index contributed by atoms with van der Waals surface area (Å²) in [6.07, 6.45) is 18.0. The molecule has 0 aromatic carbocycles. The van der Waals surface area contributed by atoms with Gasteiger partial charge in [0.05, 0.1) is 71.6 Å². The lowest BCUT2D eigenvalue weighted by atomic mass is 9.98. The molecule has 137 heavy (non-hydrogen) atoms. The van der Waals surface area contributed by atoms with Crippen LogP contribution in [0.2, 0.25) is 10.3 Å². The zero-order valence-corrected chi connectivity index (χ0v) is 82.3. The topological polar surface area (TPSA) is 533 Å². The van der Waals surface area contributed by atoms with Gasteiger partial charge in [-0.2, -0.15) is 38.5 Å². The molecule has 15 rings (SSSR count). The second-order valence-electron chi connectivity index (χ2n) is 38.3. The average molecular weight is 1940 g/mol. The number of carbonyl (C=O) groups is 7. The number of hydrogen-bond acceptors (Lipinski definition) is 30. The van der Waals surface area contributed by atoms with Gasteiger partial charge in [-0.3, -0.25) is 43.5 Å². The van der Waals surface area contributed by atoms with Gasteiger partial charge in [-0.15, -0.1) is 0 Å². The number of nitrogens with two attached hydrogens (primary N) is 2. The van der Waals surface area contributed by atoms with E-state index in [1.807, 2.05) is 47.6 Å². The fourth-order valence-electron chi connectivity index (χ4n) is 15.8. The highest BCUT2D eigenvalue weighted by molar-refractivity contribution is 6.30. The third-order valence-corrected chi connectivity index (χ3v) is 23.1. The first-order valence-electron chi connectivity index (χ1n) is 45.4. The van der Waals surface area contributed by atoms with E-state index >= 15 is 0 Å². The van der Waals surface area contributed by atoms with Gasteiger partial charge >= 0.3 is 24.2 Å². The lowest BCUT2D eigenvalue weighted by molar-refractivity contribution is 0.0577. The molecular formula is C94H127Cl2N23O18. The Bertz CT molecular complexity index is 6350. The number of aliphatic hydroxyl groups excluding tert-OH is 4. The summed E-state index contributed by atoms with van der Waals surface area (Å²) in [6.45, 7) is 27.5. The van der Waals surface area contributed by atoms with E-state index in [9.17, 15) is 63.3 Å². The molecule has 4 aliphatic carbocycles. The second kappa shape index (κ2) is 45.4. The maximum Gasteiger partial charge on any atom is 0.415 e. The minimum atomic E-state index is -1.18. The molecule has 740 valence electrons. The molecule has 0 bridgehead atoms. The van der Waals surface area contributed by atoms with E-state index in [-0.39, 0.29) is 146 Å². The van der Waals surface area contributed by atoms with Gasteiger partial charge in [0.15, 0.2) is 39.9 Å². The SMILES string of the molecule is CC(C)n1cccc(N)c1=O.CC(C)n1cccc(Nc2cc(N(C)C(=O)OC(C)(C)C)n3ncc(C(=O)C[C@@H]4CC[C@H](O)C4)c3n2)c1=O.CN(C(=O)OC(C)(C)C)c1cc(Cl)nc2c(C(=O)C[C@@H]3CC[C@H](O)C3)cnn12.CN(C(=O)OC(C)(C)C)c1cc(Cl)nc2c(C(=O)O)cnn12.CNc1cc(Nc2cccn(C(C)C)c2=O)nc2c(C(=O)C[C@@H]3CC[C@H](O)C3)cnn12.N[C@@H]1CC[C@H](O)C1. The van der Waals surface area contributed by atoms with Gasteiger partial charge in [-0.05, 0) is 235 Å². The number of rotatable bonds is 21. The lowest BCUT2D eigenvalue weighted by Gasteiger charge is -2.25. The summed E-state index contributed by atoms with van der Waals surface area (Å²) in [5.41, 5.74) is 11.4. The number of carbonyl (C=O) groups excluding carboxylic acids is 6. The van der Waals surface area contributed by atoms with Gasteiger partial charge < -0.3 is 80.9 Å². The molecule has 4 aliphatic rings. The summed E-state index contributed by atoms with van der Waals surface area (Å²) in [5, 5.41) is 73.5. The average Bonchev–Trinajstić information content (AvgIpc) is 1.65. The second-order valence-corrected chi connectivity index (χ2v) is 39.1. The van der Waals surface area contributed by atoms with Crippen molar-refractivity contribution >= 4 is 139 Å². The zero-order chi connectivity index (χ0) is 101. The highest BCUT2D eigenvalue weighted by Crippen LogP contribution is 2.36. The zero-order valence-electron chi connectivity index (χ0n) is 80.8. The number of ketones is 3. The van der Waals surface area contributed by atoms with Crippen LogP contribution in [0.1, 0.15) is 260 Å². The van der Waals surface area contributed by atoms with E-state index in [2.05, 4.69) is 56.3 Å². The minimum absolute atomic E-state index is 0.0331. The number of ether oxygens (including phenoxy) is 3. The van der Waals surface area contributed by atoms with E-state index < -0.39 is 41.1 Å². The van der Waals surface area contributed by atoms with Crippen LogP contribution in [0.4, 0.5) is 66.4 Å². The number of Topliss-reactive ketones (excluding diaryl/α,β-unsaturated/α-hetero) is 3. The van der Waals surface area contributed by atoms with Crippen molar-refractivity contribution in [3.05, 3.63) is 168 Å². The molecule has 3 amide bonds. The molecule has 4 saturated carbocycles. The fraction of sp³-hybridized carbons (Fsp3) is 0.511. The van der Waals surface area contributed by atoms with Crippen LogP contribution >= 0.6 is 23.2 Å². The Morgan fingerprint density at radius 3 is 1.08 bits per heavy atom. The van der Waals surface area contributed by atoms with Gasteiger partial charge in [0.1, 0.15) is 79.0 Å². The molecule has 12 N–H and O–H groups in total. The Morgan fingerprint density at radius 2 is 0.766 bits per heavy atom. The van der Waals surface area contributed by atoms with Crippen LogP contribution < -0.4 is 58.8 Å². The van der Waals surface area contributed by atoms with E-state index in [0.29, 0.717) is 107 Å². The number of fused-ring (bicyclic) bond motifs is 4. The fourth-order valence-corrected chi connectivity index (χ4v) is 16.2. The standard InChI is InChI=1S/C27H36N6O5.C22H28N6O3.C19H25ClN4O4.C13H15ClN4O4.C8H12N2O.C5H11NO/c1-16(2)32-11-7-8-20(25(32)36)29-22-14-23(31(6)26(37)38-27(3,4)5)33-24(30-22)19(15-28-33)21(35)13-17-9-10-18(34)12-17;1-13(2)27-8-4-5-17(22(27)31)25-19-11-20(23-3)28-21(26-19)16(12-24-28)18(30)10-14-6-7-15(29)9-14;1-19(2,3)28-18(27)23(4)16-9-15(20)22-17-13(10-21-24(16)17)14(26)8-11-5-6-12(25)7-11;1-13(2,3)22-12(21)17(4)9-5-8(14)16-10-7(11(19)20)6-15-18(9)10;1-6(2)10-5-3-4-7(9)8(10)11;6-4-1-2-5(7)3-4/h7-8,11,14-18,34H,9-10,12-13H2,1-6H3,(H,29,30);4-5,8,11-15,23,29H,6-7,9-10H2,1-3H3,(H,25,26);9-12,25H,5-8H2,1-4H3;5-6H,1-4H3,(H,19,20);3-6H,9H2,1-2H3;4-5,7H,1-3,6H2/t17-,18+;14-,15+;11-,12+;;;4-,5+/m111..1/s1. The number of carboxylic acid groups (broad SMARTS) is 1. The van der Waals surface area contributed by atoms with Crippen molar-refractivity contribution in [3.63, 3.8) is 0 Å². The van der Waals surface area contributed by atoms with Crippen molar-refractivity contribution in [2.75, 3.05) is 64.6 Å². The van der Waals surface area contributed by atoms with Crippen molar-refractivity contribution in [1.29, 1.82) is 0 Å². The Hall–Kier alpha value is -12.8. The minimum Gasteiger partial charge on any atom is -0.477 e. The van der Waals surface area contributed by atoms with Crippen LogP contribution in [-0.2, 0) is 14.2 Å². The Morgan fingerprint density at radius 1 is 0.453 bits per heavy atom. The summed E-state index contributed by atoms with van der Waals surface area (Å²) in [7, 11) is 6.32. The monoisotopic (exact) mass is 1940 g/mol. The normalized spacial score (nSPS) is 18.0. The molecule has 11 heterocycles. The largest absolute Gasteiger partial charge is 0.477 e. The predicted octanol–water partition coefficient (Wildman–Crippen LogP) is 14.1. The summed E-state index contributed by atoms with van der Waals surface area (Å²) < 4.78 is 26.7. The number of pyridine rings is 3. The molecule has 0 radical (unpaired) electrons. The van der Waals surface area contributed by atoms with Gasteiger partial charge in [-0.1, -0.05) is 23.2 Å². The van der Waals surface area contributed by atoms with Crippen molar-refractivity contribution in [2.24, 2.45) is 23.5 Å². The molecule has 0 unspecified atom stereocenters. The van der Waals surface area contributed by atoms with Crippen molar-refractivity contribution in [2.45, 2.75) is 266 Å².